The summed E-state index contributed by atoms with van der Waals surface area (Å²) in [6.07, 6.45) is 6.80. The van der Waals surface area contributed by atoms with Crippen molar-refractivity contribution in [3.8, 4) is 6.07 Å². The van der Waals surface area contributed by atoms with Crippen LogP contribution in [0.5, 0.6) is 0 Å². The summed E-state index contributed by atoms with van der Waals surface area (Å²) in [6.45, 7) is 4.18. The monoisotopic (exact) mass is 256 g/mol. The number of piperidine rings is 1. The van der Waals surface area contributed by atoms with Crippen LogP contribution in [0.3, 0.4) is 0 Å². The standard InChI is InChI=1S/C17H24N2/c1-2-3-11-17(15-18)12-7-8-13-19(17)14-16-9-5-4-6-10-16/h4-6,9-10H,2-3,7-8,11-14H2,1H3/t17-/m1/s1. The number of rotatable bonds is 5. The van der Waals surface area contributed by atoms with E-state index in [1.54, 1.807) is 0 Å². The van der Waals surface area contributed by atoms with Crippen LogP contribution in [0.15, 0.2) is 30.3 Å². The summed E-state index contributed by atoms with van der Waals surface area (Å²) >= 11 is 0. The van der Waals surface area contributed by atoms with Crippen LogP contribution in [0.25, 0.3) is 0 Å². The average Bonchev–Trinajstić information content (AvgIpc) is 2.48. The Morgan fingerprint density at radius 2 is 2.05 bits per heavy atom. The first-order valence-corrected chi connectivity index (χ1v) is 7.51. The normalized spacial score (nSPS) is 24.0. The molecule has 0 amide bonds. The minimum atomic E-state index is -0.218. The van der Waals surface area contributed by atoms with Crippen LogP contribution < -0.4 is 0 Å². The summed E-state index contributed by atoms with van der Waals surface area (Å²) in [5.41, 5.74) is 1.10. The van der Waals surface area contributed by atoms with Crippen LogP contribution in [0.1, 0.15) is 51.0 Å². The zero-order chi connectivity index (χ0) is 13.6. The number of unbranched alkanes of at least 4 members (excludes halogenated alkanes) is 1. The number of nitrogens with zero attached hydrogens (tertiary/aromatic N) is 2. The molecule has 2 nitrogen and oxygen atoms in total. The molecule has 0 spiro atoms. The largest absolute Gasteiger partial charge is 0.281 e. The first kappa shape index (κ1) is 14.1. The average molecular weight is 256 g/mol. The fourth-order valence-corrected chi connectivity index (χ4v) is 3.06. The summed E-state index contributed by atoms with van der Waals surface area (Å²) in [5.74, 6) is 0. The Kier molecular flexibility index (Phi) is 4.99. The predicted molar refractivity (Wildman–Crippen MR) is 78.6 cm³/mol. The second-order valence-electron chi connectivity index (χ2n) is 5.61. The zero-order valence-electron chi connectivity index (χ0n) is 11.9. The van der Waals surface area contributed by atoms with Gasteiger partial charge in [-0.05, 0) is 31.2 Å². The summed E-state index contributed by atoms with van der Waals surface area (Å²) < 4.78 is 0. The van der Waals surface area contributed by atoms with Gasteiger partial charge in [-0.1, -0.05) is 50.1 Å². The molecule has 0 saturated carbocycles. The van der Waals surface area contributed by atoms with Gasteiger partial charge in [0.2, 0.25) is 0 Å². The highest BCUT2D eigenvalue weighted by molar-refractivity contribution is 5.17. The minimum Gasteiger partial charge on any atom is -0.281 e. The maximum Gasteiger partial charge on any atom is 0.109 e. The van der Waals surface area contributed by atoms with Gasteiger partial charge in [0.1, 0.15) is 5.54 Å². The Morgan fingerprint density at radius 1 is 1.26 bits per heavy atom. The van der Waals surface area contributed by atoms with E-state index >= 15 is 0 Å². The van der Waals surface area contributed by atoms with E-state index in [0.29, 0.717) is 0 Å². The SMILES string of the molecule is CCCC[C@]1(C#N)CCCCN1Cc1ccccc1. The van der Waals surface area contributed by atoms with E-state index in [4.69, 9.17) is 0 Å². The third kappa shape index (κ3) is 3.36. The van der Waals surface area contributed by atoms with E-state index in [9.17, 15) is 5.26 Å². The van der Waals surface area contributed by atoms with Gasteiger partial charge in [-0.3, -0.25) is 4.90 Å². The lowest BCUT2D eigenvalue weighted by molar-refractivity contribution is 0.0744. The summed E-state index contributed by atoms with van der Waals surface area (Å²) in [4.78, 5) is 2.42. The molecule has 0 bridgehead atoms. The molecule has 0 radical (unpaired) electrons. The van der Waals surface area contributed by atoms with Crippen LogP contribution in [-0.4, -0.2) is 17.0 Å². The second-order valence-corrected chi connectivity index (χ2v) is 5.61. The Balaban J connectivity index is 2.12. The Labute approximate surface area is 117 Å². The van der Waals surface area contributed by atoms with Gasteiger partial charge in [-0.15, -0.1) is 0 Å². The maximum absolute atomic E-state index is 9.72. The molecule has 1 heterocycles. The van der Waals surface area contributed by atoms with E-state index in [1.165, 1.54) is 24.8 Å². The highest BCUT2D eigenvalue weighted by atomic mass is 15.2. The van der Waals surface area contributed by atoms with Gasteiger partial charge in [-0.2, -0.15) is 5.26 Å². The van der Waals surface area contributed by atoms with Gasteiger partial charge in [0.25, 0.3) is 0 Å². The van der Waals surface area contributed by atoms with Crippen molar-refractivity contribution >= 4 is 0 Å². The van der Waals surface area contributed by atoms with Gasteiger partial charge in [0.05, 0.1) is 6.07 Å². The molecule has 102 valence electrons. The van der Waals surface area contributed by atoms with E-state index in [2.05, 4.69) is 42.2 Å². The number of nitriles is 1. The minimum absolute atomic E-state index is 0.218. The molecule has 19 heavy (non-hydrogen) atoms. The number of benzene rings is 1. The molecule has 1 saturated heterocycles. The van der Waals surface area contributed by atoms with Crippen LogP contribution in [0.2, 0.25) is 0 Å². The van der Waals surface area contributed by atoms with Crippen molar-refractivity contribution in [3.63, 3.8) is 0 Å². The van der Waals surface area contributed by atoms with E-state index in [-0.39, 0.29) is 5.54 Å². The smallest absolute Gasteiger partial charge is 0.109 e. The Morgan fingerprint density at radius 3 is 2.74 bits per heavy atom. The van der Waals surface area contributed by atoms with Crippen LogP contribution >= 0.6 is 0 Å². The van der Waals surface area contributed by atoms with Crippen LogP contribution in [0, 0.1) is 11.3 Å². The van der Waals surface area contributed by atoms with Crippen LogP contribution in [-0.2, 0) is 6.54 Å². The molecular weight excluding hydrogens is 232 g/mol. The first-order chi connectivity index (χ1) is 9.30. The van der Waals surface area contributed by atoms with Gasteiger partial charge < -0.3 is 0 Å². The molecule has 1 atom stereocenters. The molecule has 0 N–H and O–H groups in total. The quantitative estimate of drug-likeness (QED) is 0.792. The van der Waals surface area contributed by atoms with Crippen molar-refractivity contribution in [2.24, 2.45) is 0 Å². The lowest BCUT2D eigenvalue weighted by Crippen LogP contribution is -2.50. The Hall–Kier alpha value is -1.33. The van der Waals surface area contributed by atoms with Crippen molar-refractivity contribution in [1.29, 1.82) is 5.26 Å². The lowest BCUT2D eigenvalue weighted by Gasteiger charge is -2.42. The molecule has 1 fully saturated rings. The van der Waals surface area contributed by atoms with Gasteiger partial charge >= 0.3 is 0 Å². The van der Waals surface area contributed by atoms with Crippen molar-refractivity contribution < 1.29 is 0 Å². The molecule has 1 aliphatic heterocycles. The molecule has 2 rings (SSSR count). The molecule has 1 aromatic carbocycles. The Bertz CT molecular complexity index is 421. The fourth-order valence-electron chi connectivity index (χ4n) is 3.06. The third-order valence-corrected chi connectivity index (χ3v) is 4.24. The van der Waals surface area contributed by atoms with E-state index < -0.39 is 0 Å². The molecule has 1 aliphatic rings. The predicted octanol–water partition coefficient (Wildman–Crippen LogP) is 4.13. The fraction of sp³-hybridized carbons (Fsp3) is 0.588. The molecule has 2 heteroatoms. The van der Waals surface area contributed by atoms with E-state index in [0.717, 1.165) is 32.4 Å². The zero-order valence-corrected chi connectivity index (χ0v) is 11.9. The van der Waals surface area contributed by atoms with E-state index in [1.807, 2.05) is 6.07 Å². The molecule has 0 aliphatic carbocycles. The maximum atomic E-state index is 9.72. The highest BCUT2D eigenvalue weighted by Gasteiger charge is 2.38. The third-order valence-electron chi connectivity index (χ3n) is 4.24. The molecular formula is C17H24N2. The van der Waals surface area contributed by atoms with Crippen molar-refractivity contribution in [2.75, 3.05) is 6.54 Å². The van der Waals surface area contributed by atoms with Crippen molar-refractivity contribution in [3.05, 3.63) is 35.9 Å². The first-order valence-electron chi connectivity index (χ1n) is 7.51. The lowest BCUT2D eigenvalue weighted by atomic mass is 9.83. The summed E-state index contributed by atoms with van der Waals surface area (Å²) in [6, 6.07) is 13.2. The van der Waals surface area contributed by atoms with Crippen molar-refractivity contribution in [1.82, 2.24) is 4.90 Å². The number of hydrogen-bond acceptors (Lipinski definition) is 2. The number of hydrogen-bond donors (Lipinski definition) is 0. The molecule has 1 aromatic rings. The summed E-state index contributed by atoms with van der Waals surface area (Å²) in [5, 5.41) is 9.72. The van der Waals surface area contributed by atoms with Gasteiger partial charge in [0.15, 0.2) is 0 Å². The second kappa shape index (κ2) is 6.73. The molecule has 0 aromatic heterocycles. The van der Waals surface area contributed by atoms with Crippen LogP contribution in [0.4, 0.5) is 0 Å². The van der Waals surface area contributed by atoms with Gasteiger partial charge in [0, 0.05) is 13.1 Å². The van der Waals surface area contributed by atoms with Crippen molar-refractivity contribution in [2.45, 2.75) is 57.5 Å². The number of likely N-dealkylation sites (tertiary alicyclic amines) is 1. The topological polar surface area (TPSA) is 27.0 Å². The highest BCUT2D eigenvalue weighted by Crippen LogP contribution is 2.33. The van der Waals surface area contributed by atoms with Gasteiger partial charge in [-0.25, -0.2) is 0 Å². The summed E-state index contributed by atoms with van der Waals surface area (Å²) in [7, 11) is 0. The molecule has 0 unspecified atom stereocenters.